The Bertz CT molecular complexity index is 405. The number of hydrogen-bond donors (Lipinski definition) is 1. The predicted molar refractivity (Wildman–Crippen MR) is 56.5 cm³/mol. The van der Waals surface area contributed by atoms with Crippen LogP contribution in [0.1, 0.15) is 11.1 Å². The number of carbonyl (C=O) groups is 1. The molecule has 0 radical (unpaired) electrons. The van der Waals surface area contributed by atoms with Crippen LogP contribution in [0.25, 0.3) is 6.08 Å². The monoisotopic (exact) mass is 185 g/mol. The molecule has 1 aliphatic heterocycles. The fraction of sp³-hybridized carbons (Fsp3) is 0.0833. The van der Waals surface area contributed by atoms with Crippen LogP contribution in [0.3, 0.4) is 0 Å². The number of rotatable bonds is 0. The molecule has 14 heavy (non-hydrogen) atoms. The molecule has 1 amide bonds. The van der Waals surface area contributed by atoms with E-state index >= 15 is 0 Å². The normalized spacial score (nSPS) is 19.6. The van der Waals surface area contributed by atoms with Crippen LogP contribution in [0, 0.1) is 0 Å². The van der Waals surface area contributed by atoms with E-state index in [0.717, 1.165) is 11.1 Å². The van der Waals surface area contributed by atoms with E-state index in [1.807, 2.05) is 42.5 Å². The number of nitrogens with one attached hydrogen (secondary N) is 1. The molecule has 0 aliphatic carbocycles. The third-order valence-electron chi connectivity index (χ3n) is 2.13. The molecule has 1 heterocycles. The van der Waals surface area contributed by atoms with Gasteiger partial charge in [0.25, 0.3) is 0 Å². The number of fused-ring (bicyclic) bond motifs is 1. The van der Waals surface area contributed by atoms with E-state index in [9.17, 15) is 4.79 Å². The number of hydrogen-bond acceptors (Lipinski definition) is 1. The maximum Gasteiger partial charge on any atom is 0.228 e. The summed E-state index contributed by atoms with van der Waals surface area (Å²) in [5, 5.41) is 2.69. The van der Waals surface area contributed by atoms with Gasteiger partial charge < -0.3 is 5.32 Å². The highest BCUT2D eigenvalue weighted by molar-refractivity contribution is 5.81. The standard InChI is InChI=1S/C12H11NO/c14-12-9-11-7-2-1-5-10(11)6-3-4-8-13-12/h1-8H,9H2,(H,13,14)/b6-3-,8-4-. The molecule has 2 heteroatoms. The number of carbonyl (C=O) groups excluding carboxylic acids is 1. The van der Waals surface area contributed by atoms with Crippen molar-refractivity contribution < 1.29 is 4.79 Å². The molecule has 1 N–H and O–H groups in total. The Morgan fingerprint density at radius 3 is 2.93 bits per heavy atom. The first-order valence-electron chi connectivity index (χ1n) is 4.57. The highest BCUT2D eigenvalue weighted by Crippen LogP contribution is 2.12. The first kappa shape index (κ1) is 8.75. The Morgan fingerprint density at radius 1 is 1.14 bits per heavy atom. The van der Waals surface area contributed by atoms with Crippen molar-refractivity contribution in [3.8, 4) is 0 Å². The first-order chi connectivity index (χ1) is 6.86. The summed E-state index contributed by atoms with van der Waals surface area (Å²) < 4.78 is 0. The van der Waals surface area contributed by atoms with Gasteiger partial charge in [-0.25, -0.2) is 0 Å². The van der Waals surface area contributed by atoms with E-state index in [2.05, 4.69) is 5.32 Å². The Kier molecular flexibility index (Phi) is 2.45. The lowest BCUT2D eigenvalue weighted by atomic mass is 10.0. The minimum absolute atomic E-state index is 0.0254. The summed E-state index contributed by atoms with van der Waals surface area (Å²) in [6.45, 7) is 0. The molecular formula is C12H11NO. The summed E-state index contributed by atoms with van der Waals surface area (Å²) >= 11 is 0. The molecule has 0 spiro atoms. The molecule has 0 atom stereocenters. The maximum atomic E-state index is 11.4. The zero-order valence-electron chi connectivity index (χ0n) is 7.73. The van der Waals surface area contributed by atoms with Crippen LogP contribution in [0.15, 0.2) is 42.6 Å². The Balaban J connectivity index is 2.42. The quantitative estimate of drug-likeness (QED) is 0.657. The SMILES string of the molecule is O=C1Cc2ccccc2/C=C\C=C/N1. The molecule has 0 unspecified atom stereocenters. The van der Waals surface area contributed by atoms with Crippen molar-refractivity contribution in [1.29, 1.82) is 0 Å². The van der Waals surface area contributed by atoms with Gasteiger partial charge in [-0.15, -0.1) is 0 Å². The van der Waals surface area contributed by atoms with Crippen LogP contribution >= 0.6 is 0 Å². The van der Waals surface area contributed by atoms with Crippen molar-refractivity contribution in [3.05, 3.63) is 53.7 Å². The Labute approximate surface area is 82.9 Å². The minimum atomic E-state index is 0.0254. The fourth-order valence-electron chi connectivity index (χ4n) is 1.44. The maximum absolute atomic E-state index is 11.4. The molecule has 1 aromatic rings. The topological polar surface area (TPSA) is 29.1 Å². The fourth-order valence-corrected chi connectivity index (χ4v) is 1.44. The molecule has 1 aromatic carbocycles. The van der Waals surface area contributed by atoms with Gasteiger partial charge in [0.1, 0.15) is 0 Å². The van der Waals surface area contributed by atoms with Crippen molar-refractivity contribution >= 4 is 12.0 Å². The van der Waals surface area contributed by atoms with Gasteiger partial charge in [-0.1, -0.05) is 36.4 Å². The zero-order chi connectivity index (χ0) is 9.80. The van der Waals surface area contributed by atoms with E-state index in [1.165, 1.54) is 0 Å². The molecule has 2 rings (SSSR count). The Morgan fingerprint density at radius 2 is 2.00 bits per heavy atom. The molecule has 0 aromatic heterocycles. The molecule has 0 saturated carbocycles. The molecular weight excluding hydrogens is 174 g/mol. The first-order valence-corrected chi connectivity index (χ1v) is 4.57. The second-order valence-electron chi connectivity index (χ2n) is 3.16. The third kappa shape index (κ3) is 1.91. The molecule has 0 saturated heterocycles. The van der Waals surface area contributed by atoms with Crippen LogP contribution in [0.5, 0.6) is 0 Å². The van der Waals surface area contributed by atoms with Crippen molar-refractivity contribution in [2.75, 3.05) is 0 Å². The number of amides is 1. The summed E-state index contributed by atoms with van der Waals surface area (Å²) in [6.07, 6.45) is 7.84. The van der Waals surface area contributed by atoms with Gasteiger partial charge in [-0.3, -0.25) is 4.79 Å². The largest absolute Gasteiger partial charge is 0.332 e. The highest BCUT2D eigenvalue weighted by atomic mass is 16.1. The van der Waals surface area contributed by atoms with Crippen molar-refractivity contribution in [2.45, 2.75) is 6.42 Å². The molecule has 1 aliphatic rings. The van der Waals surface area contributed by atoms with Crippen molar-refractivity contribution in [2.24, 2.45) is 0 Å². The lowest BCUT2D eigenvalue weighted by Crippen LogP contribution is -2.19. The van der Waals surface area contributed by atoms with Gasteiger partial charge in [-0.2, -0.15) is 0 Å². The second kappa shape index (κ2) is 3.92. The lowest BCUT2D eigenvalue weighted by Gasteiger charge is -2.03. The van der Waals surface area contributed by atoms with Crippen LogP contribution in [-0.4, -0.2) is 5.91 Å². The van der Waals surface area contributed by atoms with E-state index in [0.29, 0.717) is 6.42 Å². The van der Waals surface area contributed by atoms with Crippen LogP contribution in [0.2, 0.25) is 0 Å². The number of benzene rings is 1. The van der Waals surface area contributed by atoms with E-state index < -0.39 is 0 Å². The van der Waals surface area contributed by atoms with Gasteiger partial charge >= 0.3 is 0 Å². The van der Waals surface area contributed by atoms with Gasteiger partial charge in [0, 0.05) is 6.20 Å². The smallest absolute Gasteiger partial charge is 0.228 e. The van der Waals surface area contributed by atoms with Gasteiger partial charge in [0.05, 0.1) is 6.42 Å². The van der Waals surface area contributed by atoms with Crippen LogP contribution in [0.4, 0.5) is 0 Å². The summed E-state index contributed by atoms with van der Waals surface area (Å²) in [4.78, 5) is 11.4. The average Bonchev–Trinajstić information content (AvgIpc) is 2.27. The van der Waals surface area contributed by atoms with E-state index in [-0.39, 0.29) is 5.91 Å². The zero-order valence-corrected chi connectivity index (χ0v) is 7.73. The number of allylic oxidation sites excluding steroid dienone is 2. The lowest BCUT2D eigenvalue weighted by molar-refractivity contribution is -0.119. The third-order valence-corrected chi connectivity index (χ3v) is 2.13. The molecule has 70 valence electrons. The summed E-state index contributed by atoms with van der Waals surface area (Å²) in [5.74, 6) is 0.0254. The van der Waals surface area contributed by atoms with Gasteiger partial charge in [0.15, 0.2) is 0 Å². The average molecular weight is 185 g/mol. The molecule has 2 nitrogen and oxygen atoms in total. The molecule has 0 bridgehead atoms. The Hall–Kier alpha value is -1.83. The van der Waals surface area contributed by atoms with Crippen LogP contribution < -0.4 is 5.32 Å². The molecule has 0 fully saturated rings. The second-order valence-corrected chi connectivity index (χ2v) is 3.16. The van der Waals surface area contributed by atoms with E-state index in [4.69, 9.17) is 0 Å². The summed E-state index contributed by atoms with van der Waals surface area (Å²) in [5.41, 5.74) is 2.17. The van der Waals surface area contributed by atoms with Gasteiger partial charge in [-0.05, 0) is 17.2 Å². The van der Waals surface area contributed by atoms with Crippen molar-refractivity contribution in [3.63, 3.8) is 0 Å². The minimum Gasteiger partial charge on any atom is -0.332 e. The van der Waals surface area contributed by atoms with Gasteiger partial charge in [0.2, 0.25) is 5.91 Å². The van der Waals surface area contributed by atoms with Crippen molar-refractivity contribution in [1.82, 2.24) is 5.32 Å². The predicted octanol–water partition coefficient (Wildman–Crippen LogP) is 1.89. The summed E-state index contributed by atoms with van der Waals surface area (Å²) in [7, 11) is 0. The highest BCUT2D eigenvalue weighted by Gasteiger charge is 2.05. The van der Waals surface area contributed by atoms with Crippen LogP contribution in [-0.2, 0) is 11.2 Å². The summed E-state index contributed by atoms with van der Waals surface area (Å²) in [6, 6.07) is 7.91. The van der Waals surface area contributed by atoms with E-state index in [1.54, 1.807) is 6.20 Å².